The van der Waals surface area contributed by atoms with Crippen LogP contribution in [0.25, 0.3) is 0 Å². The Bertz CT molecular complexity index is 612. The fraction of sp³-hybridized carbons (Fsp3) is 0.200. The van der Waals surface area contributed by atoms with Gasteiger partial charge in [0.25, 0.3) is 0 Å². The molecular weight excluding hydrogens is 259 g/mol. The van der Waals surface area contributed by atoms with Gasteiger partial charge in [0.15, 0.2) is 0 Å². The summed E-state index contributed by atoms with van der Waals surface area (Å²) in [6.07, 6.45) is 1.75. The van der Waals surface area contributed by atoms with Gasteiger partial charge in [0.05, 0.1) is 30.6 Å². The second-order valence-electron chi connectivity index (χ2n) is 4.36. The smallest absolute Gasteiger partial charge is 0.339 e. The lowest BCUT2D eigenvalue weighted by Crippen LogP contribution is -2.09. The monoisotopic (exact) mass is 274 g/mol. The summed E-state index contributed by atoms with van der Waals surface area (Å²) < 4.78 is 18.0. The van der Waals surface area contributed by atoms with E-state index in [1.54, 1.807) is 6.20 Å². The molecule has 104 valence electrons. The number of esters is 1. The number of halogens is 1. The first-order valence-corrected chi connectivity index (χ1v) is 6.13. The third kappa shape index (κ3) is 3.32. The second-order valence-corrected chi connectivity index (χ2v) is 4.36. The van der Waals surface area contributed by atoms with E-state index in [1.807, 2.05) is 19.1 Å². The van der Waals surface area contributed by atoms with Crippen LogP contribution in [0.5, 0.6) is 0 Å². The molecule has 1 heterocycles. The third-order valence-electron chi connectivity index (χ3n) is 2.82. The van der Waals surface area contributed by atoms with Crippen molar-refractivity contribution in [3.8, 4) is 0 Å². The molecule has 1 aromatic carbocycles. The van der Waals surface area contributed by atoms with Crippen LogP contribution in [-0.4, -0.2) is 18.1 Å². The second kappa shape index (κ2) is 6.14. The van der Waals surface area contributed by atoms with Crippen molar-refractivity contribution in [1.29, 1.82) is 0 Å². The fourth-order valence-electron chi connectivity index (χ4n) is 1.74. The molecule has 0 unspecified atom stereocenters. The van der Waals surface area contributed by atoms with Crippen molar-refractivity contribution < 1.29 is 13.9 Å². The van der Waals surface area contributed by atoms with Gasteiger partial charge in [-0.3, -0.25) is 4.98 Å². The highest BCUT2D eigenvalue weighted by Gasteiger charge is 2.12. The minimum absolute atomic E-state index is 0.293. The molecule has 0 saturated heterocycles. The number of nitrogens with one attached hydrogen (secondary N) is 1. The third-order valence-corrected chi connectivity index (χ3v) is 2.82. The van der Waals surface area contributed by atoms with Gasteiger partial charge in [-0.1, -0.05) is 6.07 Å². The SMILES string of the molecule is COC(=O)c1ccc(F)cc1NCc1ccc(C)cn1. The highest BCUT2D eigenvalue weighted by atomic mass is 19.1. The van der Waals surface area contributed by atoms with Gasteiger partial charge in [-0.25, -0.2) is 9.18 Å². The van der Waals surface area contributed by atoms with E-state index in [0.29, 0.717) is 17.8 Å². The standard InChI is InChI=1S/C15H15FN2O2/c1-10-3-5-12(17-8-10)9-18-14-7-11(16)4-6-13(14)15(19)20-2/h3-8,18H,9H2,1-2H3. The number of anilines is 1. The van der Waals surface area contributed by atoms with Crippen LogP contribution in [0.4, 0.5) is 10.1 Å². The number of rotatable bonds is 4. The highest BCUT2D eigenvalue weighted by molar-refractivity contribution is 5.95. The van der Waals surface area contributed by atoms with E-state index in [-0.39, 0.29) is 0 Å². The molecule has 0 aliphatic rings. The van der Waals surface area contributed by atoms with Gasteiger partial charge in [-0.2, -0.15) is 0 Å². The number of hydrogen-bond donors (Lipinski definition) is 1. The predicted octanol–water partition coefficient (Wildman–Crippen LogP) is 2.93. The summed E-state index contributed by atoms with van der Waals surface area (Å²) in [6, 6.07) is 7.70. The number of benzene rings is 1. The van der Waals surface area contributed by atoms with Crippen LogP contribution in [0.2, 0.25) is 0 Å². The van der Waals surface area contributed by atoms with Crippen LogP contribution in [0.3, 0.4) is 0 Å². The number of hydrogen-bond acceptors (Lipinski definition) is 4. The number of carbonyl (C=O) groups is 1. The van der Waals surface area contributed by atoms with Gasteiger partial charge in [0.2, 0.25) is 0 Å². The van der Waals surface area contributed by atoms with E-state index in [2.05, 4.69) is 15.0 Å². The highest BCUT2D eigenvalue weighted by Crippen LogP contribution is 2.19. The molecule has 20 heavy (non-hydrogen) atoms. The maximum Gasteiger partial charge on any atom is 0.339 e. The number of nitrogens with zero attached hydrogens (tertiary/aromatic N) is 1. The van der Waals surface area contributed by atoms with Crippen molar-refractivity contribution in [1.82, 2.24) is 4.98 Å². The van der Waals surface area contributed by atoms with Crippen LogP contribution in [0, 0.1) is 12.7 Å². The van der Waals surface area contributed by atoms with Crippen LogP contribution in [-0.2, 0) is 11.3 Å². The summed E-state index contributed by atoms with van der Waals surface area (Å²) >= 11 is 0. The molecule has 5 heteroatoms. The molecule has 0 radical (unpaired) electrons. The van der Waals surface area contributed by atoms with Crippen molar-refractivity contribution in [2.75, 3.05) is 12.4 Å². The van der Waals surface area contributed by atoms with E-state index in [4.69, 9.17) is 0 Å². The Morgan fingerprint density at radius 3 is 2.80 bits per heavy atom. The molecule has 4 nitrogen and oxygen atoms in total. The number of aromatic nitrogens is 1. The Hall–Kier alpha value is -2.43. The summed E-state index contributed by atoms with van der Waals surface area (Å²) in [7, 11) is 1.29. The van der Waals surface area contributed by atoms with Gasteiger partial charge < -0.3 is 10.1 Å². The lowest BCUT2D eigenvalue weighted by Gasteiger charge is -2.10. The molecule has 0 amide bonds. The van der Waals surface area contributed by atoms with Crippen molar-refractivity contribution in [3.05, 3.63) is 59.2 Å². The first kappa shape index (κ1) is 14.0. The molecule has 0 aliphatic heterocycles. The largest absolute Gasteiger partial charge is 0.465 e. The molecule has 1 N–H and O–H groups in total. The van der Waals surface area contributed by atoms with Gasteiger partial charge in [-0.05, 0) is 36.8 Å². The molecule has 2 rings (SSSR count). The van der Waals surface area contributed by atoms with Crippen molar-refractivity contribution >= 4 is 11.7 Å². The number of ether oxygens (including phenoxy) is 1. The molecule has 2 aromatic rings. The number of methoxy groups -OCH3 is 1. The van der Waals surface area contributed by atoms with E-state index >= 15 is 0 Å². The number of pyridine rings is 1. The Morgan fingerprint density at radius 2 is 2.15 bits per heavy atom. The maximum absolute atomic E-state index is 13.3. The molecular formula is C15H15FN2O2. The first-order chi connectivity index (χ1) is 9.60. The average Bonchev–Trinajstić information content (AvgIpc) is 2.46. The van der Waals surface area contributed by atoms with E-state index in [0.717, 1.165) is 11.3 Å². The minimum Gasteiger partial charge on any atom is -0.465 e. The van der Waals surface area contributed by atoms with Crippen molar-refractivity contribution in [3.63, 3.8) is 0 Å². The van der Waals surface area contributed by atoms with Gasteiger partial charge in [0.1, 0.15) is 5.82 Å². The lowest BCUT2D eigenvalue weighted by molar-refractivity contribution is 0.0602. The van der Waals surface area contributed by atoms with Crippen LogP contribution in [0.1, 0.15) is 21.6 Å². The Labute approximate surface area is 116 Å². The van der Waals surface area contributed by atoms with E-state index < -0.39 is 11.8 Å². The molecule has 0 aliphatic carbocycles. The zero-order chi connectivity index (χ0) is 14.5. The van der Waals surface area contributed by atoms with Crippen molar-refractivity contribution in [2.45, 2.75) is 13.5 Å². The number of carbonyl (C=O) groups excluding carboxylic acids is 1. The van der Waals surface area contributed by atoms with Gasteiger partial charge in [0, 0.05) is 6.20 Å². The lowest BCUT2D eigenvalue weighted by atomic mass is 10.1. The van der Waals surface area contributed by atoms with Crippen LogP contribution in [0.15, 0.2) is 36.5 Å². The quantitative estimate of drug-likeness (QED) is 0.871. The summed E-state index contributed by atoms with van der Waals surface area (Å²) in [5, 5.41) is 3.00. The summed E-state index contributed by atoms with van der Waals surface area (Å²) in [5.74, 6) is -0.929. The number of aryl methyl sites for hydroxylation is 1. The zero-order valence-corrected chi connectivity index (χ0v) is 11.3. The van der Waals surface area contributed by atoms with Crippen LogP contribution < -0.4 is 5.32 Å². The molecule has 0 bridgehead atoms. The summed E-state index contributed by atoms with van der Waals surface area (Å²) in [6.45, 7) is 2.35. The normalized spacial score (nSPS) is 10.2. The minimum atomic E-state index is -0.510. The molecule has 0 spiro atoms. The summed E-state index contributed by atoms with van der Waals surface area (Å²) in [4.78, 5) is 15.8. The molecule has 0 atom stereocenters. The first-order valence-electron chi connectivity index (χ1n) is 6.13. The fourth-order valence-corrected chi connectivity index (χ4v) is 1.74. The van der Waals surface area contributed by atoms with E-state index in [1.165, 1.54) is 25.3 Å². The molecule has 0 saturated carbocycles. The Balaban J connectivity index is 2.17. The van der Waals surface area contributed by atoms with Gasteiger partial charge >= 0.3 is 5.97 Å². The van der Waals surface area contributed by atoms with Crippen molar-refractivity contribution in [2.24, 2.45) is 0 Å². The maximum atomic E-state index is 13.3. The topological polar surface area (TPSA) is 51.2 Å². The zero-order valence-electron chi connectivity index (χ0n) is 11.3. The Morgan fingerprint density at radius 1 is 1.35 bits per heavy atom. The average molecular weight is 274 g/mol. The molecule has 0 fully saturated rings. The summed E-state index contributed by atoms with van der Waals surface area (Å²) in [5.41, 5.74) is 2.55. The van der Waals surface area contributed by atoms with Crippen LogP contribution >= 0.6 is 0 Å². The molecule has 1 aromatic heterocycles. The predicted molar refractivity (Wildman–Crippen MR) is 74.0 cm³/mol. The van der Waals surface area contributed by atoms with E-state index in [9.17, 15) is 9.18 Å². The van der Waals surface area contributed by atoms with Gasteiger partial charge in [-0.15, -0.1) is 0 Å². The Kier molecular flexibility index (Phi) is 4.30.